The highest BCUT2D eigenvalue weighted by molar-refractivity contribution is 6.36. The van der Waals surface area contributed by atoms with Gasteiger partial charge in [0.25, 0.3) is 5.90 Å². The molecule has 32 heavy (non-hydrogen) atoms. The van der Waals surface area contributed by atoms with E-state index < -0.39 is 11.9 Å². The number of hydrogen-bond acceptors (Lipinski definition) is 7. The van der Waals surface area contributed by atoms with Crippen LogP contribution >= 0.6 is 23.2 Å². The molecule has 1 aliphatic heterocycles. The van der Waals surface area contributed by atoms with Crippen LogP contribution in [-0.4, -0.2) is 24.4 Å². The number of nitrogens with zero attached hydrogens (tertiary/aromatic N) is 1. The van der Waals surface area contributed by atoms with Gasteiger partial charge in [0.15, 0.2) is 23.0 Å². The quantitative estimate of drug-likeness (QED) is 0.266. The third-order valence-corrected chi connectivity index (χ3v) is 4.82. The Labute approximate surface area is 192 Å². The van der Waals surface area contributed by atoms with Crippen molar-refractivity contribution in [3.63, 3.8) is 0 Å². The summed E-state index contributed by atoms with van der Waals surface area (Å²) < 4.78 is 21.4. The highest BCUT2D eigenvalue weighted by Gasteiger charge is 2.26. The Bertz CT molecular complexity index is 1250. The zero-order valence-corrected chi connectivity index (χ0v) is 18.1. The van der Waals surface area contributed by atoms with Gasteiger partial charge in [-0.2, -0.15) is 0 Å². The lowest BCUT2D eigenvalue weighted by molar-refractivity contribution is -0.130. The van der Waals surface area contributed by atoms with Crippen molar-refractivity contribution in [3.8, 4) is 11.5 Å². The van der Waals surface area contributed by atoms with E-state index in [9.17, 15) is 9.59 Å². The first-order valence-electron chi connectivity index (χ1n) is 9.45. The summed E-state index contributed by atoms with van der Waals surface area (Å²) in [6.07, 6.45) is 2.99. The molecule has 0 atom stereocenters. The summed E-state index contributed by atoms with van der Waals surface area (Å²) in [4.78, 5) is 28.9. The van der Waals surface area contributed by atoms with Crippen LogP contribution in [0.5, 0.6) is 11.5 Å². The highest BCUT2D eigenvalue weighted by Crippen LogP contribution is 2.32. The average Bonchev–Trinajstić information content (AvgIpc) is 3.40. The monoisotopic (exact) mass is 471 g/mol. The van der Waals surface area contributed by atoms with Gasteiger partial charge in [0.2, 0.25) is 0 Å². The van der Waals surface area contributed by atoms with Crippen LogP contribution < -0.4 is 9.47 Å². The fourth-order valence-corrected chi connectivity index (χ4v) is 3.34. The number of rotatable bonds is 6. The van der Waals surface area contributed by atoms with Crippen LogP contribution in [0, 0.1) is 0 Å². The molecule has 3 aromatic rings. The normalized spacial score (nSPS) is 14.3. The third kappa shape index (κ3) is 4.69. The molecule has 2 heterocycles. The Morgan fingerprint density at radius 1 is 1.12 bits per heavy atom. The van der Waals surface area contributed by atoms with Crippen LogP contribution in [-0.2, 0) is 9.53 Å². The van der Waals surface area contributed by atoms with Gasteiger partial charge in [-0.05, 0) is 61.0 Å². The van der Waals surface area contributed by atoms with E-state index in [-0.39, 0.29) is 27.9 Å². The van der Waals surface area contributed by atoms with E-state index in [2.05, 4.69) is 4.99 Å². The molecule has 1 aliphatic rings. The lowest BCUT2D eigenvalue weighted by Gasteiger charge is -2.12. The molecule has 2 aromatic carbocycles. The highest BCUT2D eigenvalue weighted by atomic mass is 35.5. The summed E-state index contributed by atoms with van der Waals surface area (Å²) in [5.74, 6) is -0.338. The van der Waals surface area contributed by atoms with Gasteiger partial charge in [-0.1, -0.05) is 29.3 Å². The number of aliphatic imine (C=N–C) groups is 1. The molecule has 1 aromatic heterocycles. The van der Waals surface area contributed by atoms with Gasteiger partial charge in [-0.3, -0.25) is 0 Å². The topological polar surface area (TPSA) is 87.3 Å². The van der Waals surface area contributed by atoms with Crippen LogP contribution in [0.4, 0.5) is 0 Å². The largest absolute Gasteiger partial charge is 0.490 e. The summed E-state index contributed by atoms with van der Waals surface area (Å²) in [5.41, 5.74) is 0.851. The van der Waals surface area contributed by atoms with E-state index in [0.717, 1.165) is 0 Å². The minimum absolute atomic E-state index is 0.0849. The van der Waals surface area contributed by atoms with E-state index in [1.54, 1.807) is 43.3 Å². The number of cyclic esters (lactones) is 1. The summed E-state index contributed by atoms with van der Waals surface area (Å²) in [6, 6.07) is 12.6. The average molecular weight is 472 g/mol. The maximum atomic E-state index is 12.6. The Morgan fingerprint density at radius 3 is 2.69 bits per heavy atom. The number of benzene rings is 2. The molecule has 0 bridgehead atoms. The van der Waals surface area contributed by atoms with Crippen LogP contribution in [0.15, 0.2) is 69.9 Å². The Hall–Kier alpha value is -3.55. The van der Waals surface area contributed by atoms with Gasteiger partial charge in [0, 0.05) is 5.02 Å². The standard InChI is InChI=1S/C23H15Cl2NO6/c1-2-29-20-11-13(10-17-23(28)32-21(26-17)19-4-3-9-30-19)5-8-18(20)31-22(27)15-7-6-14(24)12-16(15)25/h3-12H,2H2,1H3/b17-10+. The molecule has 0 aliphatic carbocycles. The van der Waals surface area contributed by atoms with Gasteiger partial charge in [0.05, 0.1) is 23.5 Å². The summed E-state index contributed by atoms with van der Waals surface area (Å²) in [6.45, 7) is 2.12. The van der Waals surface area contributed by atoms with Crippen molar-refractivity contribution in [1.82, 2.24) is 0 Å². The molecule has 162 valence electrons. The Balaban J connectivity index is 1.60. The fourth-order valence-electron chi connectivity index (χ4n) is 2.85. The first-order chi connectivity index (χ1) is 15.4. The second-order valence-electron chi connectivity index (χ2n) is 6.47. The molecule has 0 radical (unpaired) electrons. The molecule has 0 unspecified atom stereocenters. The number of ether oxygens (including phenoxy) is 3. The number of furan rings is 1. The summed E-state index contributed by atoms with van der Waals surface area (Å²) in [7, 11) is 0. The Morgan fingerprint density at radius 2 is 1.97 bits per heavy atom. The molecule has 0 N–H and O–H groups in total. The van der Waals surface area contributed by atoms with E-state index in [0.29, 0.717) is 28.7 Å². The maximum absolute atomic E-state index is 12.6. The van der Waals surface area contributed by atoms with Crippen molar-refractivity contribution < 1.29 is 28.2 Å². The predicted octanol–water partition coefficient (Wildman–Crippen LogP) is 5.55. The second-order valence-corrected chi connectivity index (χ2v) is 7.31. The van der Waals surface area contributed by atoms with Crippen LogP contribution in [0.25, 0.3) is 6.08 Å². The molecule has 0 saturated heterocycles. The van der Waals surface area contributed by atoms with Gasteiger partial charge < -0.3 is 18.6 Å². The molecule has 0 amide bonds. The van der Waals surface area contributed by atoms with Crippen molar-refractivity contribution in [2.75, 3.05) is 6.61 Å². The number of halogens is 2. The fraction of sp³-hybridized carbons (Fsp3) is 0.0870. The van der Waals surface area contributed by atoms with Crippen molar-refractivity contribution >= 4 is 47.1 Å². The second kappa shape index (κ2) is 9.30. The smallest absolute Gasteiger partial charge is 0.363 e. The van der Waals surface area contributed by atoms with Crippen molar-refractivity contribution in [1.29, 1.82) is 0 Å². The molecule has 0 saturated carbocycles. The molecule has 9 heteroatoms. The van der Waals surface area contributed by atoms with Crippen LogP contribution in [0.2, 0.25) is 10.0 Å². The molecule has 4 rings (SSSR count). The van der Waals surface area contributed by atoms with Crippen molar-refractivity contribution in [3.05, 3.63) is 87.4 Å². The van der Waals surface area contributed by atoms with Crippen LogP contribution in [0.3, 0.4) is 0 Å². The molecule has 0 fully saturated rings. The predicted molar refractivity (Wildman–Crippen MR) is 118 cm³/mol. The molecule has 7 nitrogen and oxygen atoms in total. The minimum atomic E-state index is -0.661. The van der Waals surface area contributed by atoms with Crippen LogP contribution in [0.1, 0.15) is 28.6 Å². The molecular formula is C23H15Cl2NO6. The number of carbonyl (C=O) groups is 2. The van der Waals surface area contributed by atoms with E-state index in [1.807, 2.05) is 0 Å². The van der Waals surface area contributed by atoms with Gasteiger partial charge in [0.1, 0.15) is 0 Å². The first-order valence-corrected chi connectivity index (χ1v) is 10.2. The lowest BCUT2D eigenvalue weighted by Crippen LogP contribution is -2.10. The summed E-state index contributed by atoms with van der Waals surface area (Å²) in [5, 5.41) is 0.578. The number of carbonyl (C=O) groups excluding carboxylic acids is 2. The molecule has 0 spiro atoms. The third-order valence-electron chi connectivity index (χ3n) is 4.28. The van der Waals surface area contributed by atoms with Crippen molar-refractivity contribution in [2.45, 2.75) is 6.92 Å². The van der Waals surface area contributed by atoms with E-state index >= 15 is 0 Å². The van der Waals surface area contributed by atoms with Gasteiger partial charge in [-0.25, -0.2) is 14.6 Å². The van der Waals surface area contributed by atoms with Gasteiger partial charge >= 0.3 is 11.9 Å². The Kier molecular flexibility index (Phi) is 6.30. The first kappa shape index (κ1) is 21.7. The van der Waals surface area contributed by atoms with Crippen molar-refractivity contribution in [2.24, 2.45) is 4.99 Å². The summed E-state index contributed by atoms with van der Waals surface area (Å²) >= 11 is 12.0. The minimum Gasteiger partial charge on any atom is -0.490 e. The zero-order chi connectivity index (χ0) is 22.7. The molecular weight excluding hydrogens is 457 g/mol. The number of esters is 2. The SMILES string of the molecule is CCOc1cc(/C=C2/N=C(c3ccco3)OC2=O)ccc1OC(=O)c1ccc(Cl)cc1Cl. The number of hydrogen-bond donors (Lipinski definition) is 0. The zero-order valence-electron chi connectivity index (χ0n) is 16.6. The maximum Gasteiger partial charge on any atom is 0.363 e. The van der Waals surface area contributed by atoms with Gasteiger partial charge in [-0.15, -0.1) is 0 Å². The lowest BCUT2D eigenvalue weighted by atomic mass is 10.1. The van der Waals surface area contributed by atoms with E-state index in [1.165, 1.54) is 24.5 Å². The van der Waals surface area contributed by atoms with E-state index in [4.69, 9.17) is 41.8 Å².